The van der Waals surface area contributed by atoms with Crippen molar-refractivity contribution < 1.29 is 13.6 Å². The summed E-state index contributed by atoms with van der Waals surface area (Å²) in [4.78, 5) is 13.6. The predicted octanol–water partition coefficient (Wildman–Crippen LogP) is 3.00. The number of furan rings is 1. The van der Waals surface area contributed by atoms with Gasteiger partial charge in [0.2, 0.25) is 0 Å². The minimum absolute atomic E-state index is 0.143. The molecule has 0 N–H and O–H groups in total. The maximum atomic E-state index is 12.8. The lowest BCUT2D eigenvalue weighted by Gasteiger charge is -2.16. The molecule has 2 rings (SSSR count). The van der Waals surface area contributed by atoms with Gasteiger partial charge >= 0.3 is 0 Å². The Morgan fingerprint density at radius 2 is 1.94 bits per heavy atom. The molecule has 0 spiro atoms. The number of halogens is 1. The van der Waals surface area contributed by atoms with Crippen LogP contribution in [-0.4, -0.2) is 17.9 Å². The number of rotatable bonds is 3. The first kappa shape index (κ1) is 12.4. The molecular weight excluding hydrogens is 233 g/mol. The number of aryl methyl sites for hydroxylation is 1. The van der Waals surface area contributed by atoms with E-state index >= 15 is 0 Å². The van der Waals surface area contributed by atoms with E-state index in [0.717, 1.165) is 11.3 Å². The molecule has 0 atom stereocenters. The Morgan fingerprint density at radius 3 is 2.50 bits per heavy atom. The quantitative estimate of drug-likeness (QED) is 0.835. The van der Waals surface area contributed by atoms with Crippen LogP contribution in [0.25, 0.3) is 0 Å². The van der Waals surface area contributed by atoms with E-state index in [1.54, 1.807) is 18.2 Å². The van der Waals surface area contributed by atoms with E-state index in [1.807, 2.05) is 13.0 Å². The molecule has 1 heterocycles. The van der Waals surface area contributed by atoms with Gasteiger partial charge in [0, 0.05) is 24.7 Å². The number of hydrogen-bond donors (Lipinski definition) is 0. The van der Waals surface area contributed by atoms with E-state index in [-0.39, 0.29) is 11.7 Å². The maximum absolute atomic E-state index is 12.8. The van der Waals surface area contributed by atoms with Gasteiger partial charge in [0.1, 0.15) is 11.6 Å². The molecule has 0 aliphatic carbocycles. The monoisotopic (exact) mass is 247 g/mol. The lowest BCUT2D eigenvalue weighted by atomic mass is 10.2. The summed E-state index contributed by atoms with van der Waals surface area (Å²) < 4.78 is 18.0. The first-order valence-corrected chi connectivity index (χ1v) is 5.62. The van der Waals surface area contributed by atoms with E-state index in [9.17, 15) is 9.18 Å². The zero-order valence-corrected chi connectivity index (χ0v) is 10.3. The fourth-order valence-electron chi connectivity index (χ4n) is 1.72. The molecule has 18 heavy (non-hydrogen) atoms. The summed E-state index contributed by atoms with van der Waals surface area (Å²) in [6, 6.07) is 7.37. The fraction of sp³-hybridized carbons (Fsp3) is 0.214. The van der Waals surface area contributed by atoms with Crippen molar-refractivity contribution >= 4 is 5.91 Å². The highest BCUT2D eigenvalue weighted by Gasteiger charge is 2.13. The van der Waals surface area contributed by atoms with E-state index < -0.39 is 0 Å². The summed E-state index contributed by atoms with van der Waals surface area (Å²) in [5.41, 5.74) is 1.44. The molecule has 1 amide bonds. The van der Waals surface area contributed by atoms with Gasteiger partial charge in [-0.3, -0.25) is 4.79 Å². The molecule has 0 fully saturated rings. The van der Waals surface area contributed by atoms with Gasteiger partial charge in [0.25, 0.3) is 5.91 Å². The summed E-state index contributed by atoms with van der Waals surface area (Å²) >= 11 is 0. The Morgan fingerprint density at radius 1 is 1.28 bits per heavy atom. The van der Waals surface area contributed by atoms with Crippen molar-refractivity contribution in [2.24, 2.45) is 0 Å². The third kappa shape index (κ3) is 2.59. The number of amides is 1. The lowest BCUT2D eigenvalue weighted by Crippen LogP contribution is -2.26. The van der Waals surface area contributed by atoms with Crippen molar-refractivity contribution in [3.63, 3.8) is 0 Å². The molecule has 0 unspecified atom stereocenters. The molecule has 0 aliphatic rings. The molecule has 0 saturated heterocycles. The van der Waals surface area contributed by atoms with Crippen molar-refractivity contribution in [3.05, 3.63) is 59.3 Å². The highest BCUT2D eigenvalue weighted by atomic mass is 19.1. The lowest BCUT2D eigenvalue weighted by molar-refractivity contribution is 0.0784. The summed E-state index contributed by atoms with van der Waals surface area (Å²) in [6.45, 7) is 2.32. The Hall–Kier alpha value is -2.10. The Bertz CT molecular complexity index is 545. The highest BCUT2D eigenvalue weighted by molar-refractivity contribution is 5.93. The Labute approximate surface area is 105 Å². The number of nitrogens with zero attached hydrogens (tertiary/aromatic N) is 1. The van der Waals surface area contributed by atoms with Crippen LogP contribution >= 0.6 is 0 Å². The Balaban J connectivity index is 2.09. The minimum Gasteiger partial charge on any atom is -0.469 e. The van der Waals surface area contributed by atoms with Crippen LogP contribution in [0.2, 0.25) is 0 Å². The third-order valence-electron chi connectivity index (χ3n) is 2.81. The summed E-state index contributed by atoms with van der Waals surface area (Å²) in [5, 5.41) is 0. The van der Waals surface area contributed by atoms with Crippen molar-refractivity contribution in [3.8, 4) is 0 Å². The molecule has 3 nitrogen and oxygen atoms in total. The standard InChI is InChI=1S/C14H14FNO2/c1-10-12(7-8-18-10)9-16(2)14(17)11-3-5-13(15)6-4-11/h3-8H,9H2,1-2H3. The van der Waals surface area contributed by atoms with Gasteiger partial charge in [-0.2, -0.15) is 0 Å². The fourth-order valence-corrected chi connectivity index (χ4v) is 1.72. The molecule has 0 saturated carbocycles. The van der Waals surface area contributed by atoms with Crippen LogP contribution in [0.15, 0.2) is 41.0 Å². The molecule has 0 bridgehead atoms. The van der Waals surface area contributed by atoms with Crippen LogP contribution in [0.3, 0.4) is 0 Å². The summed E-state index contributed by atoms with van der Waals surface area (Å²) in [5.74, 6) is 0.309. The van der Waals surface area contributed by atoms with Gasteiger partial charge in [0.15, 0.2) is 0 Å². The highest BCUT2D eigenvalue weighted by Crippen LogP contribution is 2.13. The van der Waals surface area contributed by atoms with Crippen molar-refractivity contribution in [1.82, 2.24) is 4.90 Å². The zero-order valence-electron chi connectivity index (χ0n) is 10.3. The Kier molecular flexibility index (Phi) is 3.46. The van der Waals surface area contributed by atoms with E-state index in [1.165, 1.54) is 24.3 Å². The molecular formula is C14H14FNO2. The molecule has 1 aromatic carbocycles. The van der Waals surface area contributed by atoms with Gasteiger partial charge in [-0.05, 0) is 37.3 Å². The smallest absolute Gasteiger partial charge is 0.253 e. The van der Waals surface area contributed by atoms with Gasteiger partial charge < -0.3 is 9.32 Å². The van der Waals surface area contributed by atoms with E-state index in [2.05, 4.69) is 0 Å². The van der Waals surface area contributed by atoms with Crippen LogP contribution < -0.4 is 0 Å². The second kappa shape index (κ2) is 5.04. The molecule has 1 aromatic heterocycles. The largest absolute Gasteiger partial charge is 0.469 e. The van der Waals surface area contributed by atoms with Crippen LogP contribution in [0.4, 0.5) is 4.39 Å². The zero-order chi connectivity index (χ0) is 13.1. The van der Waals surface area contributed by atoms with Crippen molar-refractivity contribution in [2.75, 3.05) is 7.05 Å². The number of hydrogen-bond acceptors (Lipinski definition) is 2. The summed E-state index contributed by atoms with van der Waals surface area (Å²) in [6.07, 6.45) is 1.60. The van der Waals surface area contributed by atoms with Crippen LogP contribution in [0, 0.1) is 12.7 Å². The predicted molar refractivity (Wildman–Crippen MR) is 65.6 cm³/mol. The average molecular weight is 247 g/mol. The molecule has 2 aromatic rings. The van der Waals surface area contributed by atoms with Gasteiger partial charge in [-0.1, -0.05) is 0 Å². The van der Waals surface area contributed by atoms with E-state index in [4.69, 9.17) is 4.42 Å². The third-order valence-corrected chi connectivity index (χ3v) is 2.81. The molecule has 4 heteroatoms. The second-order valence-corrected chi connectivity index (χ2v) is 4.17. The van der Waals surface area contributed by atoms with Gasteiger partial charge in [0.05, 0.1) is 6.26 Å². The number of benzene rings is 1. The number of carbonyl (C=O) groups is 1. The summed E-state index contributed by atoms with van der Waals surface area (Å²) in [7, 11) is 1.71. The first-order valence-electron chi connectivity index (χ1n) is 5.62. The number of carbonyl (C=O) groups excluding carboxylic acids is 1. The average Bonchev–Trinajstić information content (AvgIpc) is 2.75. The minimum atomic E-state index is -0.347. The maximum Gasteiger partial charge on any atom is 0.253 e. The normalized spacial score (nSPS) is 10.4. The molecule has 0 aliphatic heterocycles. The SMILES string of the molecule is Cc1occc1CN(C)C(=O)c1ccc(F)cc1. The van der Waals surface area contributed by atoms with Gasteiger partial charge in [-0.15, -0.1) is 0 Å². The van der Waals surface area contributed by atoms with Crippen LogP contribution in [0.1, 0.15) is 21.7 Å². The van der Waals surface area contributed by atoms with E-state index in [0.29, 0.717) is 12.1 Å². The van der Waals surface area contributed by atoms with Crippen LogP contribution in [0.5, 0.6) is 0 Å². The van der Waals surface area contributed by atoms with Crippen molar-refractivity contribution in [2.45, 2.75) is 13.5 Å². The molecule has 94 valence electrons. The first-order chi connectivity index (χ1) is 8.58. The topological polar surface area (TPSA) is 33.5 Å². The second-order valence-electron chi connectivity index (χ2n) is 4.17. The van der Waals surface area contributed by atoms with Crippen LogP contribution in [-0.2, 0) is 6.54 Å². The van der Waals surface area contributed by atoms with Gasteiger partial charge in [-0.25, -0.2) is 4.39 Å². The molecule has 0 radical (unpaired) electrons. The van der Waals surface area contributed by atoms with Crippen molar-refractivity contribution in [1.29, 1.82) is 0 Å².